The molecule has 0 saturated heterocycles. The normalized spacial score (nSPS) is 21.9. The minimum Gasteiger partial charge on any atom is -0.494 e. The highest BCUT2D eigenvalue weighted by molar-refractivity contribution is 5.78. The number of carbonyl (C=O) groups excluding carboxylic acids is 6. The molecule has 6 amide bonds. The van der Waals surface area contributed by atoms with Crippen molar-refractivity contribution < 1.29 is 83.1 Å². The fourth-order valence-electron chi connectivity index (χ4n) is 16.2. The first-order chi connectivity index (χ1) is 61.4. The third-order valence-corrected chi connectivity index (χ3v) is 23.8. The Morgan fingerprint density at radius 2 is 0.548 bits per heavy atom. The molecule has 6 aliphatic carbocycles. The van der Waals surface area contributed by atoms with Crippen molar-refractivity contribution in [2.24, 2.45) is 0 Å². The first kappa shape index (κ1) is 104. The average molecular weight is 1750 g/mol. The standard InChI is InChI=1S/C18H27NO2.5C17H25NO3/c20-17-13-11-16(12-14-17)19-18(21)10-6-2-5-9-15-7-3-1-4-8-15;19-15-11-9-14(10-12-15)18-17(20)8-4-5-13-21-16-6-2-1-3-7-16;19-16-11-9-15(10-12-16)18-17(20)21-13-5-4-8-14-6-2-1-3-7-14;19-16-10-8-15(9-11-16)18-17(20)7-4-12-21-13-14-5-2-1-3-6-14;19-16-10-8-15(9-11-16)18-17(20)13-21-12-4-7-14-5-2-1-3-6-14;19-16-8-6-15(7-9-16)18-17(20)11-13-21-12-10-14-4-2-1-3-5-14/h1,3-4,7-8,16-17,20H,2,5-6,9-14H2,(H,19,21);1-3,6-7,14-15,19H,4-5,8-13H2,(H,18,20);1-3,6-7,15-16,19H,4-5,8-13H2,(H,18,20);2*1-3,5-6,15-16,19H,4,7-13H2,(H,18,20);1-5,15-16,19H,6-13H2,(H,18,20). The number of aryl methyl sites for hydroxylation is 3. The molecular weight excluding hydrogens is 1590 g/mol. The Hall–Kier alpha value is -8.62. The van der Waals surface area contributed by atoms with Crippen LogP contribution in [0.2, 0.25) is 0 Å². The van der Waals surface area contributed by atoms with Crippen LogP contribution in [-0.4, -0.2) is 185 Å². The van der Waals surface area contributed by atoms with Crippen LogP contribution in [-0.2, 0) is 75.2 Å². The van der Waals surface area contributed by atoms with Crippen molar-refractivity contribution >= 4 is 35.6 Å². The van der Waals surface area contributed by atoms with Crippen LogP contribution in [0, 0.1) is 0 Å². The Morgan fingerprint density at radius 3 is 0.944 bits per heavy atom. The lowest BCUT2D eigenvalue weighted by Gasteiger charge is -2.26. The molecule has 0 aromatic heterocycles. The van der Waals surface area contributed by atoms with Gasteiger partial charge in [-0.15, -0.1) is 0 Å². The van der Waals surface area contributed by atoms with E-state index in [1.165, 1.54) is 22.3 Å². The maximum absolute atomic E-state index is 11.9. The summed E-state index contributed by atoms with van der Waals surface area (Å²) >= 11 is 0. The number of ether oxygens (including phenoxy) is 5. The van der Waals surface area contributed by atoms with Crippen LogP contribution >= 0.6 is 0 Å². The summed E-state index contributed by atoms with van der Waals surface area (Å²) in [6, 6.07) is 62.4. The molecule has 12 rings (SSSR count). The first-order valence-corrected chi connectivity index (χ1v) is 47.5. The third kappa shape index (κ3) is 51.4. The summed E-state index contributed by atoms with van der Waals surface area (Å²) in [4.78, 5) is 70.6. The molecule has 6 fully saturated rings. The minimum absolute atomic E-state index is 0.0453. The van der Waals surface area contributed by atoms with Crippen molar-refractivity contribution in [3.05, 3.63) is 210 Å². The lowest BCUT2D eigenvalue weighted by molar-refractivity contribution is -0.127. The fraction of sp³-hybridized carbons (Fsp3) is 0.592. The van der Waals surface area contributed by atoms with E-state index >= 15 is 0 Å². The van der Waals surface area contributed by atoms with E-state index in [-0.39, 0.29) is 115 Å². The quantitative estimate of drug-likeness (QED) is 0.0159. The predicted octanol–water partition coefficient (Wildman–Crippen LogP) is 15.4. The van der Waals surface area contributed by atoms with Gasteiger partial charge in [0.2, 0.25) is 29.5 Å². The molecule has 126 heavy (non-hydrogen) atoms. The van der Waals surface area contributed by atoms with Gasteiger partial charge in [0.25, 0.3) is 0 Å². The molecule has 696 valence electrons. The van der Waals surface area contributed by atoms with Crippen molar-refractivity contribution in [2.45, 2.75) is 343 Å². The zero-order chi connectivity index (χ0) is 89.5. The van der Waals surface area contributed by atoms with Crippen LogP contribution in [0.5, 0.6) is 5.75 Å². The van der Waals surface area contributed by atoms with Crippen LogP contribution < -0.4 is 36.6 Å². The molecule has 6 aromatic rings. The molecule has 23 heteroatoms. The summed E-state index contributed by atoms with van der Waals surface area (Å²) in [6.07, 6.45) is 33.2. The summed E-state index contributed by atoms with van der Waals surface area (Å²) < 4.78 is 27.3. The second-order valence-corrected chi connectivity index (χ2v) is 34.6. The van der Waals surface area contributed by atoms with Crippen LogP contribution in [0.1, 0.15) is 265 Å². The van der Waals surface area contributed by atoms with E-state index in [0.29, 0.717) is 71.9 Å². The molecule has 0 heterocycles. The van der Waals surface area contributed by atoms with Crippen molar-refractivity contribution in [3.8, 4) is 5.75 Å². The van der Waals surface area contributed by atoms with Crippen LogP contribution in [0.3, 0.4) is 0 Å². The summed E-state index contributed by atoms with van der Waals surface area (Å²) in [7, 11) is 0. The van der Waals surface area contributed by atoms with Crippen LogP contribution in [0.4, 0.5) is 4.79 Å². The number of nitrogens with one attached hydrogen (secondary N) is 6. The second-order valence-electron chi connectivity index (χ2n) is 34.6. The molecule has 6 saturated carbocycles. The maximum atomic E-state index is 11.9. The van der Waals surface area contributed by atoms with Gasteiger partial charge in [0.1, 0.15) is 12.4 Å². The second kappa shape index (κ2) is 65.9. The lowest BCUT2D eigenvalue weighted by atomic mass is 9.93. The van der Waals surface area contributed by atoms with Crippen molar-refractivity contribution in [3.63, 3.8) is 0 Å². The van der Waals surface area contributed by atoms with E-state index in [0.717, 1.165) is 249 Å². The molecule has 0 radical (unpaired) electrons. The number of para-hydroxylation sites is 1. The minimum atomic E-state index is -0.323. The van der Waals surface area contributed by atoms with Gasteiger partial charge >= 0.3 is 6.09 Å². The van der Waals surface area contributed by atoms with Gasteiger partial charge in [-0.05, 0) is 271 Å². The van der Waals surface area contributed by atoms with Gasteiger partial charge in [-0.1, -0.05) is 176 Å². The van der Waals surface area contributed by atoms with Crippen LogP contribution in [0.15, 0.2) is 182 Å². The zero-order valence-corrected chi connectivity index (χ0v) is 75.1. The van der Waals surface area contributed by atoms with Gasteiger partial charge in [-0.3, -0.25) is 24.0 Å². The van der Waals surface area contributed by atoms with E-state index < -0.39 is 0 Å². The molecule has 0 atom stereocenters. The van der Waals surface area contributed by atoms with Gasteiger partial charge in [0.15, 0.2) is 0 Å². The number of amides is 6. The monoisotopic (exact) mass is 1750 g/mol. The van der Waals surface area contributed by atoms with Gasteiger partial charge in [0, 0.05) is 75.1 Å². The van der Waals surface area contributed by atoms with Gasteiger partial charge in [-0.25, -0.2) is 4.79 Å². The van der Waals surface area contributed by atoms with E-state index in [4.69, 9.17) is 23.7 Å². The van der Waals surface area contributed by atoms with Crippen LogP contribution in [0.25, 0.3) is 0 Å². The smallest absolute Gasteiger partial charge is 0.407 e. The highest BCUT2D eigenvalue weighted by atomic mass is 16.5. The Bertz CT molecular complexity index is 3110. The largest absolute Gasteiger partial charge is 0.494 e. The third-order valence-electron chi connectivity index (χ3n) is 23.8. The first-order valence-electron chi connectivity index (χ1n) is 47.5. The number of carbonyl (C=O) groups is 6. The number of aliphatic hydroxyl groups excluding tert-OH is 6. The molecule has 0 unspecified atom stereocenters. The number of benzene rings is 6. The summed E-state index contributed by atoms with van der Waals surface area (Å²) in [5.74, 6) is 1.28. The highest BCUT2D eigenvalue weighted by Crippen LogP contribution is 2.25. The zero-order valence-electron chi connectivity index (χ0n) is 75.1. The molecule has 0 aliphatic heterocycles. The topological polar surface area (TPSA) is 342 Å². The van der Waals surface area contributed by atoms with Gasteiger partial charge in [-0.2, -0.15) is 0 Å². The van der Waals surface area contributed by atoms with Gasteiger partial charge in [0.05, 0.1) is 69.7 Å². The number of alkyl carbamates (subject to hydrolysis) is 1. The Labute approximate surface area is 751 Å². The summed E-state index contributed by atoms with van der Waals surface area (Å²) in [6.45, 7) is 4.16. The SMILES string of the molecule is O=C(CCCCCc1ccccc1)NC1CCC(O)CC1.O=C(CCCCOc1ccccc1)NC1CCC(O)CC1.O=C(CCCOCc1ccccc1)NC1CCC(O)CC1.O=C(CCOCCc1ccccc1)NC1CCC(O)CC1.O=C(COCCCc1ccccc1)NC1CCC(O)CC1.O=C(NC1CCC(O)CC1)OCCCCc1ccccc1. The van der Waals surface area contributed by atoms with Crippen molar-refractivity contribution in [2.75, 3.05) is 46.2 Å². The Balaban J connectivity index is 0.000000207. The Morgan fingerprint density at radius 1 is 0.246 bits per heavy atom. The van der Waals surface area contributed by atoms with Crippen molar-refractivity contribution in [1.82, 2.24) is 31.9 Å². The average Bonchev–Trinajstić information content (AvgIpc) is 0.926. The maximum Gasteiger partial charge on any atom is 0.407 e. The molecule has 0 spiro atoms. The predicted molar refractivity (Wildman–Crippen MR) is 495 cm³/mol. The molecule has 6 aromatic carbocycles. The lowest BCUT2D eigenvalue weighted by Crippen LogP contribution is -2.40. The van der Waals surface area contributed by atoms with Crippen molar-refractivity contribution in [1.29, 1.82) is 0 Å². The number of aliphatic hydroxyl groups is 6. The number of hydrogen-bond donors (Lipinski definition) is 12. The van der Waals surface area contributed by atoms with E-state index in [9.17, 15) is 59.4 Å². The molecule has 0 bridgehead atoms. The summed E-state index contributed by atoms with van der Waals surface area (Å²) in [5.41, 5.74) is 6.40. The molecular formula is C103H152N6O17. The molecule has 6 aliphatic rings. The molecule has 12 N–H and O–H groups in total. The summed E-state index contributed by atoms with van der Waals surface area (Å²) in [5, 5.41) is 74.6. The Kier molecular flexibility index (Phi) is 54.6. The number of rotatable bonds is 41. The number of unbranched alkanes of at least 4 members (excludes halogenated alkanes) is 4. The fourth-order valence-corrected chi connectivity index (χ4v) is 16.2. The highest BCUT2D eigenvalue weighted by Gasteiger charge is 2.27. The number of hydrogen-bond acceptors (Lipinski definition) is 17. The van der Waals surface area contributed by atoms with E-state index in [1.54, 1.807) is 0 Å². The van der Waals surface area contributed by atoms with E-state index in [2.05, 4.69) is 92.6 Å². The molecule has 23 nitrogen and oxygen atoms in total. The van der Waals surface area contributed by atoms with E-state index in [1.807, 2.05) is 121 Å². The van der Waals surface area contributed by atoms with Gasteiger partial charge < -0.3 is 86.2 Å².